The Morgan fingerprint density at radius 3 is 2.23 bits per heavy atom. The van der Waals surface area contributed by atoms with Gasteiger partial charge in [-0.3, -0.25) is 4.79 Å². The first-order valence-electron chi connectivity index (χ1n) is 5.22. The van der Waals surface area contributed by atoms with Crippen LogP contribution in [0.15, 0.2) is 0 Å². The maximum atomic E-state index is 11.1. The van der Waals surface area contributed by atoms with Gasteiger partial charge in [0, 0.05) is 13.1 Å². The van der Waals surface area contributed by atoms with Crippen molar-refractivity contribution in [3.8, 4) is 0 Å². The van der Waals surface area contributed by atoms with E-state index in [0.717, 1.165) is 31.8 Å². The zero-order chi connectivity index (χ0) is 10.3. The topological polar surface area (TPSA) is 46.3 Å². The van der Waals surface area contributed by atoms with Gasteiger partial charge in [0.1, 0.15) is 0 Å². The summed E-state index contributed by atoms with van der Waals surface area (Å²) in [5, 5.41) is 0. The van der Waals surface area contributed by atoms with Gasteiger partial charge >= 0.3 is 0 Å². The second-order valence-corrected chi connectivity index (χ2v) is 3.27. The van der Waals surface area contributed by atoms with Crippen molar-refractivity contribution in [1.29, 1.82) is 0 Å². The summed E-state index contributed by atoms with van der Waals surface area (Å²) in [7, 11) is 0. The van der Waals surface area contributed by atoms with Gasteiger partial charge in [0.15, 0.2) is 0 Å². The standard InChI is InChI=1S/C8H16N2O.C2H6/c1-7-2-4-10(5-3-7)8(11)6-9;1-2/h7H,2-6,9H2,1H3;1-2H3. The summed E-state index contributed by atoms with van der Waals surface area (Å²) >= 11 is 0. The minimum Gasteiger partial charge on any atom is -0.342 e. The molecule has 1 aliphatic rings. The van der Waals surface area contributed by atoms with E-state index in [-0.39, 0.29) is 12.5 Å². The van der Waals surface area contributed by atoms with Crippen LogP contribution in [0.1, 0.15) is 33.6 Å². The number of carbonyl (C=O) groups excluding carboxylic acids is 1. The molecule has 78 valence electrons. The Hall–Kier alpha value is -0.570. The van der Waals surface area contributed by atoms with E-state index in [1.54, 1.807) is 0 Å². The minimum atomic E-state index is 0.0944. The first kappa shape index (κ1) is 12.4. The minimum absolute atomic E-state index is 0.0944. The third-order valence-corrected chi connectivity index (χ3v) is 2.31. The van der Waals surface area contributed by atoms with Gasteiger partial charge in [-0.05, 0) is 18.8 Å². The molecule has 0 aromatic carbocycles. The lowest BCUT2D eigenvalue weighted by Gasteiger charge is -2.29. The smallest absolute Gasteiger partial charge is 0.236 e. The monoisotopic (exact) mass is 186 g/mol. The molecule has 3 nitrogen and oxygen atoms in total. The summed E-state index contributed by atoms with van der Waals surface area (Å²) in [4.78, 5) is 12.9. The van der Waals surface area contributed by atoms with E-state index in [2.05, 4.69) is 6.92 Å². The average Bonchev–Trinajstić information content (AvgIpc) is 2.21. The van der Waals surface area contributed by atoms with Crippen LogP contribution in [0.25, 0.3) is 0 Å². The quantitative estimate of drug-likeness (QED) is 0.669. The van der Waals surface area contributed by atoms with Gasteiger partial charge in [0.2, 0.25) is 5.91 Å². The highest BCUT2D eigenvalue weighted by atomic mass is 16.2. The lowest BCUT2D eigenvalue weighted by Crippen LogP contribution is -2.41. The van der Waals surface area contributed by atoms with Gasteiger partial charge in [-0.2, -0.15) is 0 Å². The Bertz CT molecular complexity index is 140. The fourth-order valence-electron chi connectivity index (χ4n) is 1.39. The third kappa shape index (κ3) is 4.27. The molecule has 0 spiro atoms. The summed E-state index contributed by atoms with van der Waals surface area (Å²) in [5.41, 5.74) is 5.25. The molecule has 1 rings (SSSR count). The summed E-state index contributed by atoms with van der Waals surface area (Å²) in [6.45, 7) is 8.19. The van der Waals surface area contributed by atoms with Crippen LogP contribution in [-0.2, 0) is 4.79 Å². The Labute approximate surface area is 81.3 Å². The zero-order valence-corrected chi connectivity index (χ0v) is 9.05. The number of hydrogen-bond donors (Lipinski definition) is 1. The number of rotatable bonds is 1. The van der Waals surface area contributed by atoms with Crippen LogP contribution in [0, 0.1) is 5.92 Å². The molecule has 3 heteroatoms. The molecule has 0 aromatic heterocycles. The zero-order valence-electron chi connectivity index (χ0n) is 9.05. The maximum Gasteiger partial charge on any atom is 0.236 e. The molecule has 0 radical (unpaired) electrons. The van der Waals surface area contributed by atoms with E-state index in [0.29, 0.717) is 0 Å². The van der Waals surface area contributed by atoms with Crippen molar-refractivity contribution >= 4 is 5.91 Å². The Morgan fingerprint density at radius 1 is 1.38 bits per heavy atom. The van der Waals surface area contributed by atoms with Crippen LogP contribution in [0.2, 0.25) is 0 Å². The van der Waals surface area contributed by atoms with Gasteiger partial charge < -0.3 is 10.6 Å². The third-order valence-electron chi connectivity index (χ3n) is 2.31. The molecular weight excluding hydrogens is 164 g/mol. The van der Waals surface area contributed by atoms with E-state index in [9.17, 15) is 4.79 Å². The van der Waals surface area contributed by atoms with Crippen LogP contribution < -0.4 is 5.73 Å². The number of hydrogen-bond acceptors (Lipinski definition) is 2. The second-order valence-electron chi connectivity index (χ2n) is 3.27. The second kappa shape index (κ2) is 6.89. The molecule has 0 aromatic rings. The molecule has 1 amide bonds. The number of carbonyl (C=O) groups is 1. The molecule has 0 aliphatic carbocycles. The average molecular weight is 186 g/mol. The largest absolute Gasteiger partial charge is 0.342 e. The number of amides is 1. The van der Waals surface area contributed by atoms with Crippen LogP contribution in [0.5, 0.6) is 0 Å². The van der Waals surface area contributed by atoms with Crippen molar-refractivity contribution in [2.24, 2.45) is 11.7 Å². The van der Waals surface area contributed by atoms with Gasteiger partial charge in [-0.1, -0.05) is 20.8 Å². The highest BCUT2D eigenvalue weighted by molar-refractivity contribution is 5.78. The predicted molar refractivity (Wildman–Crippen MR) is 55.4 cm³/mol. The van der Waals surface area contributed by atoms with Crippen molar-refractivity contribution in [3.63, 3.8) is 0 Å². The molecule has 2 N–H and O–H groups in total. The lowest BCUT2D eigenvalue weighted by atomic mass is 9.99. The normalized spacial score (nSPS) is 17.7. The van der Waals surface area contributed by atoms with E-state index >= 15 is 0 Å². The molecule has 0 saturated carbocycles. The molecular formula is C10H22N2O. The lowest BCUT2D eigenvalue weighted by molar-refractivity contribution is -0.130. The fraction of sp³-hybridized carbons (Fsp3) is 0.900. The molecule has 1 aliphatic heterocycles. The molecule has 0 atom stereocenters. The summed E-state index contributed by atoms with van der Waals surface area (Å²) in [6.07, 6.45) is 2.26. The highest BCUT2D eigenvalue weighted by Gasteiger charge is 2.18. The summed E-state index contributed by atoms with van der Waals surface area (Å²) in [5.74, 6) is 0.869. The van der Waals surface area contributed by atoms with Crippen molar-refractivity contribution in [1.82, 2.24) is 4.90 Å². The van der Waals surface area contributed by atoms with E-state index in [1.165, 1.54) is 0 Å². The number of nitrogens with two attached hydrogens (primary N) is 1. The van der Waals surface area contributed by atoms with Crippen molar-refractivity contribution in [2.45, 2.75) is 33.6 Å². The predicted octanol–water partition coefficient (Wildman–Crippen LogP) is 1.23. The van der Waals surface area contributed by atoms with E-state index in [4.69, 9.17) is 5.73 Å². The summed E-state index contributed by atoms with van der Waals surface area (Å²) < 4.78 is 0. The van der Waals surface area contributed by atoms with Crippen molar-refractivity contribution in [3.05, 3.63) is 0 Å². The van der Waals surface area contributed by atoms with Gasteiger partial charge in [0.05, 0.1) is 6.54 Å². The number of nitrogens with zero attached hydrogens (tertiary/aromatic N) is 1. The highest BCUT2D eigenvalue weighted by Crippen LogP contribution is 2.15. The Balaban J connectivity index is 0.000000671. The van der Waals surface area contributed by atoms with Gasteiger partial charge in [0.25, 0.3) is 0 Å². The molecule has 1 saturated heterocycles. The SMILES string of the molecule is CC.CC1CCN(C(=O)CN)CC1. The molecule has 13 heavy (non-hydrogen) atoms. The molecule has 0 bridgehead atoms. The fourth-order valence-corrected chi connectivity index (χ4v) is 1.39. The van der Waals surface area contributed by atoms with Crippen LogP contribution >= 0.6 is 0 Å². The molecule has 0 unspecified atom stereocenters. The number of likely N-dealkylation sites (tertiary alicyclic amines) is 1. The van der Waals surface area contributed by atoms with E-state index < -0.39 is 0 Å². The van der Waals surface area contributed by atoms with Gasteiger partial charge in [-0.15, -0.1) is 0 Å². The van der Waals surface area contributed by atoms with Crippen molar-refractivity contribution < 1.29 is 4.79 Å². The van der Waals surface area contributed by atoms with Crippen LogP contribution in [0.4, 0.5) is 0 Å². The van der Waals surface area contributed by atoms with E-state index in [1.807, 2.05) is 18.7 Å². The first-order chi connectivity index (χ1) is 6.24. The summed E-state index contributed by atoms with van der Waals surface area (Å²) in [6, 6.07) is 0. The Kier molecular flexibility index (Phi) is 6.59. The first-order valence-corrected chi connectivity index (χ1v) is 5.22. The Morgan fingerprint density at radius 2 is 1.85 bits per heavy atom. The van der Waals surface area contributed by atoms with Crippen LogP contribution in [0.3, 0.4) is 0 Å². The number of piperidine rings is 1. The maximum absolute atomic E-state index is 11.1. The van der Waals surface area contributed by atoms with Crippen molar-refractivity contribution in [2.75, 3.05) is 19.6 Å². The molecule has 1 fully saturated rings. The van der Waals surface area contributed by atoms with Crippen LogP contribution in [-0.4, -0.2) is 30.4 Å². The van der Waals surface area contributed by atoms with Gasteiger partial charge in [-0.25, -0.2) is 0 Å². The molecule has 1 heterocycles.